The summed E-state index contributed by atoms with van der Waals surface area (Å²) in [5.74, 6) is -0.0377. The van der Waals surface area contributed by atoms with E-state index in [2.05, 4.69) is 5.32 Å². The zero-order chi connectivity index (χ0) is 15.6. The summed E-state index contributed by atoms with van der Waals surface area (Å²) >= 11 is 0. The number of hydrogen-bond donors (Lipinski definition) is 1. The number of anilines is 1. The molecule has 0 radical (unpaired) electrons. The van der Waals surface area contributed by atoms with Gasteiger partial charge in [0, 0.05) is 17.6 Å². The lowest BCUT2D eigenvalue weighted by molar-refractivity contribution is -0.143. The fourth-order valence-electron chi connectivity index (χ4n) is 2.64. The second kappa shape index (κ2) is 5.88. The number of para-hydroxylation sites is 1. The Hall–Kier alpha value is -1.84. The van der Waals surface area contributed by atoms with Gasteiger partial charge in [-0.05, 0) is 31.4 Å². The first-order valence-electron chi connectivity index (χ1n) is 7.48. The van der Waals surface area contributed by atoms with Gasteiger partial charge in [0.1, 0.15) is 6.04 Å². The number of benzene rings is 1. The molecular weight excluding hydrogens is 264 g/mol. The van der Waals surface area contributed by atoms with Gasteiger partial charge in [0.2, 0.25) is 11.8 Å². The fourth-order valence-corrected chi connectivity index (χ4v) is 2.64. The Morgan fingerprint density at radius 1 is 1.24 bits per heavy atom. The number of rotatable bonds is 2. The number of aryl methyl sites for hydroxylation is 1. The third-order valence-electron chi connectivity index (χ3n) is 3.86. The monoisotopic (exact) mass is 288 g/mol. The molecule has 1 saturated heterocycles. The minimum absolute atomic E-state index is 0.0462. The molecule has 0 aromatic heterocycles. The molecule has 0 saturated carbocycles. The number of likely N-dealkylation sites (tertiary alicyclic amines) is 1. The largest absolute Gasteiger partial charge is 0.330 e. The highest BCUT2D eigenvalue weighted by Gasteiger charge is 2.38. The molecule has 0 aliphatic carbocycles. The van der Waals surface area contributed by atoms with Crippen LogP contribution in [-0.4, -0.2) is 29.3 Å². The van der Waals surface area contributed by atoms with Crippen molar-refractivity contribution in [3.63, 3.8) is 0 Å². The average molecular weight is 288 g/mol. The lowest BCUT2D eigenvalue weighted by atomic mass is 9.94. The third kappa shape index (κ3) is 3.43. The predicted molar refractivity (Wildman–Crippen MR) is 84.0 cm³/mol. The third-order valence-corrected chi connectivity index (χ3v) is 3.86. The van der Waals surface area contributed by atoms with Crippen molar-refractivity contribution in [2.24, 2.45) is 5.41 Å². The summed E-state index contributed by atoms with van der Waals surface area (Å²) in [4.78, 5) is 26.7. The summed E-state index contributed by atoms with van der Waals surface area (Å²) in [6.45, 7) is 8.31. The highest BCUT2D eigenvalue weighted by atomic mass is 16.2. The second-order valence-corrected chi connectivity index (χ2v) is 6.71. The molecule has 2 amide bonds. The van der Waals surface area contributed by atoms with E-state index >= 15 is 0 Å². The molecule has 1 atom stereocenters. The van der Waals surface area contributed by atoms with E-state index < -0.39 is 5.41 Å². The number of nitrogens with zero attached hydrogens (tertiary/aromatic N) is 1. The molecule has 1 aliphatic rings. The van der Waals surface area contributed by atoms with Gasteiger partial charge in [-0.15, -0.1) is 0 Å². The Morgan fingerprint density at radius 2 is 1.90 bits per heavy atom. The molecule has 1 aromatic rings. The van der Waals surface area contributed by atoms with Crippen LogP contribution in [0.5, 0.6) is 0 Å². The van der Waals surface area contributed by atoms with Crippen molar-refractivity contribution < 1.29 is 9.59 Å². The molecule has 21 heavy (non-hydrogen) atoms. The van der Waals surface area contributed by atoms with E-state index in [-0.39, 0.29) is 17.9 Å². The molecule has 114 valence electrons. The lowest BCUT2D eigenvalue weighted by Gasteiger charge is -2.30. The van der Waals surface area contributed by atoms with Crippen molar-refractivity contribution in [3.05, 3.63) is 29.8 Å². The Bertz CT molecular complexity index is 546. The van der Waals surface area contributed by atoms with E-state index in [0.29, 0.717) is 6.54 Å². The summed E-state index contributed by atoms with van der Waals surface area (Å²) in [5.41, 5.74) is 1.39. The minimum Gasteiger partial charge on any atom is -0.330 e. The van der Waals surface area contributed by atoms with Crippen molar-refractivity contribution in [2.75, 3.05) is 11.9 Å². The van der Waals surface area contributed by atoms with Crippen LogP contribution in [0.3, 0.4) is 0 Å². The highest BCUT2D eigenvalue weighted by Crippen LogP contribution is 2.26. The zero-order valence-electron chi connectivity index (χ0n) is 13.3. The normalized spacial score (nSPS) is 18.7. The molecule has 1 aromatic carbocycles. The molecule has 1 fully saturated rings. The molecule has 1 unspecified atom stereocenters. The molecule has 4 nitrogen and oxygen atoms in total. The first-order chi connectivity index (χ1) is 9.80. The smallest absolute Gasteiger partial charge is 0.247 e. The van der Waals surface area contributed by atoms with Crippen LogP contribution in [0.25, 0.3) is 0 Å². The maximum atomic E-state index is 12.5. The van der Waals surface area contributed by atoms with Gasteiger partial charge in [-0.2, -0.15) is 0 Å². The number of carbonyl (C=O) groups is 2. The van der Waals surface area contributed by atoms with Gasteiger partial charge in [0.25, 0.3) is 0 Å². The van der Waals surface area contributed by atoms with Crippen LogP contribution < -0.4 is 5.32 Å². The van der Waals surface area contributed by atoms with E-state index in [0.717, 1.165) is 24.1 Å². The molecular formula is C17H24N2O2. The second-order valence-electron chi connectivity index (χ2n) is 6.71. The fraction of sp³-hybridized carbons (Fsp3) is 0.529. The van der Waals surface area contributed by atoms with Crippen LogP contribution in [0.1, 0.15) is 39.2 Å². The van der Waals surface area contributed by atoms with E-state index in [1.54, 1.807) is 4.90 Å². The van der Waals surface area contributed by atoms with Crippen LogP contribution >= 0.6 is 0 Å². The number of amides is 2. The molecule has 1 heterocycles. The quantitative estimate of drug-likeness (QED) is 0.909. The molecule has 4 heteroatoms. The molecule has 0 spiro atoms. The van der Waals surface area contributed by atoms with Gasteiger partial charge in [-0.3, -0.25) is 9.59 Å². The maximum Gasteiger partial charge on any atom is 0.247 e. The first kappa shape index (κ1) is 15.5. The maximum absolute atomic E-state index is 12.5. The molecule has 1 aliphatic heterocycles. The summed E-state index contributed by atoms with van der Waals surface area (Å²) in [6, 6.07) is 7.34. The number of hydrogen-bond acceptors (Lipinski definition) is 2. The van der Waals surface area contributed by atoms with Gasteiger partial charge >= 0.3 is 0 Å². The van der Waals surface area contributed by atoms with Gasteiger partial charge in [-0.1, -0.05) is 39.0 Å². The number of carbonyl (C=O) groups excluding carboxylic acids is 2. The van der Waals surface area contributed by atoms with E-state index in [4.69, 9.17) is 0 Å². The lowest BCUT2D eigenvalue weighted by Crippen LogP contribution is -2.47. The van der Waals surface area contributed by atoms with Crippen LogP contribution in [0.4, 0.5) is 5.69 Å². The molecule has 2 rings (SSSR count). The van der Waals surface area contributed by atoms with Crippen LogP contribution in [0.2, 0.25) is 0 Å². The van der Waals surface area contributed by atoms with Crippen molar-refractivity contribution in [2.45, 2.75) is 46.6 Å². The highest BCUT2D eigenvalue weighted by molar-refractivity contribution is 5.98. The van der Waals surface area contributed by atoms with Crippen molar-refractivity contribution in [3.8, 4) is 0 Å². The molecule has 0 bridgehead atoms. The van der Waals surface area contributed by atoms with Gasteiger partial charge in [0.15, 0.2) is 0 Å². The summed E-state index contributed by atoms with van der Waals surface area (Å²) in [6.07, 6.45) is 1.62. The topological polar surface area (TPSA) is 49.4 Å². The average Bonchev–Trinajstić information content (AvgIpc) is 2.88. The van der Waals surface area contributed by atoms with Crippen molar-refractivity contribution in [1.82, 2.24) is 4.90 Å². The Kier molecular flexibility index (Phi) is 4.35. The Labute approximate surface area is 126 Å². The van der Waals surface area contributed by atoms with E-state index in [9.17, 15) is 9.59 Å². The Balaban J connectivity index is 2.12. The van der Waals surface area contributed by atoms with Crippen LogP contribution in [-0.2, 0) is 9.59 Å². The van der Waals surface area contributed by atoms with Gasteiger partial charge in [0.05, 0.1) is 0 Å². The summed E-state index contributed by atoms with van der Waals surface area (Å²) in [5, 5.41) is 2.96. The Morgan fingerprint density at radius 3 is 2.52 bits per heavy atom. The van der Waals surface area contributed by atoms with Crippen LogP contribution in [0, 0.1) is 12.3 Å². The van der Waals surface area contributed by atoms with E-state index in [1.165, 1.54) is 0 Å². The number of nitrogens with one attached hydrogen (secondary N) is 1. The standard InChI is InChI=1S/C17H24N2O2/c1-12-8-5-6-9-13(12)18-15(20)14-10-7-11-19(14)16(21)17(2,3)4/h5-6,8-9,14H,7,10-11H2,1-4H3,(H,18,20). The van der Waals surface area contributed by atoms with Crippen molar-refractivity contribution >= 4 is 17.5 Å². The predicted octanol–water partition coefficient (Wildman–Crippen LogP) is 2.97. The van der Waals surface area contributed by atoms with Crippen molar-refractivity contribution in [1.29, 1.82) is 0 Å². The summed E-state index contributed by atoms with van der Waals surface area (Å²) < 4.78 is 0. The van der Waals surface area contributed by atoms with Gasteiger partial charge in [-0.25, -0.2) is 0 Å². The van der Waals surface area contributed by atoms with Crippen LogP contribution in [0.15, 0.2) is 24.3 Å². The molecule has 1 N–H and O–H groups in total. The zero-order valence-corrected chi connectivity index (χ0v) is 13.3. The van der Waals surface area contributed by atoms with E-state index in [1.807, 2.05) is 52.0 Å². The minimum atomic E-state index is -0.453. The van der Waals surface area contributed by atoms with Gasteiger partial charge < -0.3 is 10.2 Å². The first-order valence-corrected chi connectivity index (χ1v) is 7.48. The SMILES string of the molecule is Cc1ccccc1NC(=O)C1CCCN1C(=O)C(C)(C)C. The summed E-state index contributed by atoms with van der Waals surface area (Å²) in [7, 11) is 0.